The highest BCUT2D eigenvalue weighted by molar-refractivity contribution is 8.18. The normalized spacial score (nSPS) is 18.9. The molecule has 1 aliphatic rings. The predicted molar refractivity (Wildman–Crippen MR) is 80.7 cm³/mol. The molecule has 1 heterocycles. The van der Waals surface area contributed by atoms with Crippen molar-refractivity contribution >= 4 is 40.6 Å². The predicted octanol–water partition coefficient (Wildman–Crippen LogP) is 3.88. The summed E-state index contributed by atoms with van der Waals surface area (Å²) in [5.41, 5.74) is 0.669. The number of phenolic OH excluding ortho intramolecular Hbond substituents is 1. The number of phenols is 1. The van der Waals surface area contributed by atoms with Gasteiger partial charge in [-0.15, -0.1) is 0 Å². The fraction of sp³-hybridized carbons (Fsp3) is 0.286. The lowest BCUT2D eigenvalue weighted by Gasteiger charge is -2.19. The molecule has 1 saturated heterocycles. The van der Waals surface area contributed by atoms with Crippen molar-refractivity contribution in [2.24, 2.45) is 0 Å². The van der Waals surface area contributed by atoms with Gasteiger partial charge in [0.15, 0.2) is 0 Å². The number of halogens is 1. The number of carbonyl (C=O) groups is 2. The molecule has 0 unspecified atom stereocenters. The standard InChI is InChI=1S/C14H14ClNO3S/c1-3-8(2)16-13(18)12(20-14(16)19)7-9-4-5-11(17)10(15)6-9/h4-8,17H,3H2,1-2H3/b12-7+/t8-/m0/s1. The van der Waals surface area contributed by atoms with Gasteiger partial charge in [0.05, 0.1) is 9.93 Å². The molecule has 0 bridgehead atoms. The number of benzene rings is 1. The molecule has 0 saturated carbocycles. The number of imide groups is 1. The molecule has 0 aromatic heterocycles. The van der Waals surface area contributed by atoms with E-state index in [2.05, 4.69) is 0 Å². The summed E-state index contributed by atoms with van der Waals surface area (Å²) in [6, 6.07) is 4.52. The van der Waals surface area contributed by atoms with Crippen LogP contribution < -0.4 is 0 Å². The van der Waals surface area contributed by atoms with E-state index in [4.69, 9.17) is 11.6 Å². The Hall–Kier alpha value is -1.46. The monoisotopic (exact) mass is 311 g/mol. The van der Waals surface area contributed by atoms with Crippen LogP contribution in [0.5, 0.6) is 5.75 Å². The Morgan fingerprint density at radius 2 is 2.15 bits per heavy atom. The van der Waals surface area contributed by atoms with Crippen LogP contribution in [0.2, 0.25) is 5.02 Å². The Morgan fingerprint density at radius 1 is 1.45 bits per heavy atom. The van der Waals surface area contributed by atoms with Crippen molar-refractivity contribution in [2.75, 3.05) is 0 Å². The number of nitrogens with zero attached hydrogens (tertiary/aromatic N) is 1. The molecule has 0 aliphatic carbocycles. The Bertz CT molecular complexity index is 600. The van der Waals surface area contributed by atoms with E-state index >= 15 is 0 Å². The molecular weight excluding hydrogens is 298 g/mol. The van der Waals surface area contributed by atoms with Crippen molar-refractivity contribution in [3.63, 3.8) is 0 Å². The first-order valence-corrected chi connectivity index (χ1v) is 7.39. The number of thioether (sulfide) groups is 1. The van der Waals surface area contributed by atoms with Crippen molar-refractivity contribution < 1.29 is 14.7 Å². The first kappa shape index (κ1) is 14.9. The van der Waals surface area contributed by atoms with Crippen LogP contribution in [-0.2, 0) is 4.79 Å². The summed E-state index contributed by atoms with van der Waals surface area (Å²) in [5.74, 6) is -0.296. The molecule has 2 rings (SSSR count). The van der Waals surface area contributed by atoms with Crippen molar-refractivity contribution in [3.8, 4) is 5.75 Å². The van der Waals surface area contributed by atoms with E-state index in [1.54, 1.807) is 18.2 Å². The maximum absolute atomic E-state index is 12.2. The Morgan fingerprint density at radius 3 is 2.75 bits per heavy atom. The Labute approximate surface area is 126 Å². The summed E-state index contributed by atoms with van der Waals surface area (Å²) in [5, 5.41) is 9.32. The first-order chi connectivity index (χ1) is 9.43. The second kappa shape index (κ2) is 5.89. The third-order valence-electron chi connectivity index (χ3n) is 3.12. The van der Waals surface area contributed by atoms with Crippen LogP contribution in [-0.4, -0.2) is 27.2 Å². The molecule has 4 nitrogen and oxygen atoms in total. The molecule has 1 fully saturated rings. The Balaban J connectivity index is 2.30. The fourth-order valence-corrected chi connectivity index (χ4v) is 2.93. The lowest BCUT2D eigenvalue weighted by molar-refractivity contribution is -0.124. The van der Waals surface area contributed by atoms with Gasteiger partial charge in [-0.25, -0.2) is 0 Å². The van der Waals surface area contributed by atoms with Crippen molar-refractivity contribution in [3.05, 3.63) is 33.7 Å². The zero-order chi connectivity index (χ0) is 14.9. The van der Waals surface area contributed by atoms with E-state index < -0.39 is 0 Å². The maximum Gasteiger partial charge on any atom is 0.293 e. The number of aromatic hydroxyl groups is 1. The SMILES string of the molecule is CC[C@H](C)N1C(=O)S/C(=C/c2ccc(O)c(Cl)c2)C1=O. The lowest BCUT2D eigenvalue weighted by atomic mass is 10.2. The minimum absolute atomic E-state index is 0.0171. The summed E-state index contributed by atoms with van der Waals surface area (Å²) >= 11 is 6.74. The summed E-state index contributed by atoms with van der Waals surface area (Å²) in [4.78, 5) is 25.7. The molecule has 1 aromatic carbocycles. The van der Waals surface area contributed by atoms with E-state index in [0.717, 1.165) is 18.2 Å². The van der Waals surface area contributed by atoms with E-state index in [9.17, 15) is 14.7 Å². The quantitative estimate of drug-likeness (QED) is 0.861. The van der Waals surface area contributed by atoms with Gasteiger partial charge in [-0.2, -0.15) is 0 Å². The van der Waals surface area contributed by atoms with Gasteiger partial charge in [0, 0.05) is 6.04 Å². The van der Waals surface area contributed by atoms with Crippen LogP contribution >= 0.6 is 23.4 Å². The van der Waals surface area contributed by atoms with Crippen LogP contribution in [0.3, 0.4) is 0 Å². The smallest absolute Gasteiger partial charge is 0.293 e. The van der Waals surface area contributed by atoms with Gasteiger partial charge in [0.1, 0.15) is 5.75 Å². The summed E-state index contributed by atoms with van der Waals surface area (Å²) in [7, 11) is 0. The highest BCUT2D eigenvalue weighted by atomic mass is 35.5. The van der Waals surface area contributed by atoms with Gasteiger partial charge < -0.3 is 5.11 Å². The van der Waals surface area contributed by atoms with Crippen LogP contribution in [0.4, 0.5) is 4.79 Å². The summed E-state index contributed by atoms with van der Waals surface area (Å²) in [6.45, 7) is 3.77. The van der Waals surface area contributed by atoms with Gasteiger partial charge in [-0.05, 0) is 48.9 Å². The molecule has 0 spiro atoms. The second-order valence-electron chi connectivity index (χ2n) is 4.52. The average molecular weight is 312 g/mol. The molecule has 20 heavy (non-hydrogen) atoms. The molecule has 1 N–H and O–H groups in total. The first-order valence-electron chi connectivity index (χ1n) is 6.19. The largest absolute Gasteiger partial charge is 0.506 e. The van der Waals surface area contributed by atoms with Gasteiger partial charge in [-0.3, -0.25) is 14.5 Å². The zero-order valence-electron chi connectivity index (χ0n) is 11.1. The number of carbonyl (C=O) groups excluding carboxylic acids is 2. The molecule has 1 aliphatic heterocycles. The van der Waals surface area contributed by atoms with E-state index in [0.29, 0.717) is 10.5 Å². The lowest BCUT2D eigenvalue weighted by Crippen LogP contribution is -2.36. The summed E-state index contributed by atoms with van der Waals surface area (Å²) < 4.78 is 0. The van der Waals surface area contributed by atoms with Gasteiger partial charge >= 0.3 is 0 Å². The number of rotatable bonds is 3. The van der Waals surface area contributed by atoms with Gasteiger partial charge in [0.2, 0.25) is 0 Å². The number of hydrogen-bond donors (Lipinski definition) is 1. The number of amides is 2. The second-order valence-corrected chi connectivity index (χ2v) is 5.92. The third kappa shape index (κ3) is 2.83. The van der Waals surface area contributed by atoms with Crippen molar-refractivity contribution in [2.45, 2.75) is 26.3 Å². The molecule has 1 aromatic rings. The molecule has 106 valence electrons. The molecule has 0 radical (unpaired) electrons. The fourth-order valence-electron chi connectivity index (χ4n) is 1.81. The molecular formula is C14H14ClNO3S. The van der Waals surface area contributed by atoms with Crippen LogP contribution in [0.1, 0.15) is 25.8 Å². The van der Waals surface area contributed by atoms with Gasteiger partial charge in [-0.1, -0.05) is 24.6 Å². The molecule has 2 amide bonds. The molecule has 1 atom stereocenters. The van der Waals surface area contributed by atoms with Crippen LogP contribution in [0.15, 0.2) is 23.1 Å². The van der Waals surface area contributed by atoms with Crippen molar-refractivity contribution in [1.29, 1.82) is 0 Å². The highest BCUT2D eigenvalue weighted by Crippen LogP contribution is 2.35. The topological polar surface area (TPSA) is 57.6 Å². The van der Waals surface area contributed by atoms with Crippen LogP contribution in [0.25, 0.3) is 6.08 Å². The maximum atomic E-state index is 12.2. The number of hydrogen-bond acceptors (Lipinski definition) is 4. The third-order valence-corrected chi connectivity index (χ3v) is 4.31. The van der Waals surface area contributed by atoms with E-state index in [1.807, 2.05) is 13.8 Å². The summed E-state index contributed by atoms with van der Waals surface area (Å²) in [6.07, 6.45) is 2.33. The average Bonchev–Trinajstić information content (AvgIpc) is 2.68. The molecule has 6 heteroatoms. The van der Waals surface area contributed by atoms with Crippen molar-refractivity contribution in [1.82, 2.24) is 4.90 Å². The van der Waals surface area contributed by atoms with Crippen LogP contribution in [0, 0.1) is 0 Å². The Kier molecular flexibility index (Phi) is 4.40. The minimum atomic E-state index is -0.279. The van der Waals surface area contributed by atoms with Gasteiger partial charge in [0.25, 0.3) is 11.1 Å². The highest BCUT2D eigenvalue weighted by Gasteiger charge is 2.37. The van der Waals surface area contributed by atoms with E-state index in [1.165, 1.54) is 11.0 Å². The van der Waals surface area contributed by atoms with E-state index in [-0.39, 0.29) is 28.0 Å². The minimum Gasteiger partial charge on any atom is -0.506 e. The zero-order valence-corrected chi connectivity index (χ0v) is 12.7.